The van der Waals surface area contributed by atoms with Crippen LogP contribution in [0.2, 0.25) is 0 Å². The Kier molecular flexibility index (Phi) is 7.20. The summed E-state index contributed by atoms with van der Waals surface area (Å²) in [5.74, 6) is -0.451. The molecule has 9 heteroatoms. The van der Waals surface area contributed by atoms with Crippen molar-refractivity contribution in [1.82, 2.24) is 14.1 Å². The molecule has 0 aromatic heterocycles. The number of ether oxygens (including phenoxy) is 1. The van der Waals surface area contributed by atoms with E-state index < -0.39 is 21.9 Å². The van der Waals surface area contributed by atoms with Crippen LogP contribution in [0.15, 0.2) is 59.5 Å². The Bertz CT molecular complexity index is 1010. The van der Waals surface area contributed by atoms with Crippen molar-refractivity contribution < 1.29 is 22.3 Å². The van der Waals surface area contributed by atoms with E-state index in [1.54, 1.807) is 0 Å². The molecule has 0 aliphatic carbocycles. The summed E-state index contributed by atoms with van der Waals surface area (Å²) in [7, 11) is -3.73. The van der Waals surface area contributed by atoms with Crippen molar-refractivity contribution in [2.24, 2.45) is 0 Å². The number of sulfonamides is 1. The number of morpholine rings is 1. The minimum Gasteiger partial charge on any atom is -0.378 e. The highest BCUT2D eigenvalue weighted by Gasteiger charge is 2.35. The zero-order chi connectivity index (χ0) is 22.6. The molecule has 7 nitrogen and oxygen atoms in total. The number of carbonyl (C=O) groups is 1. The third kappa shape index (κ3) is 5.01. The Labute approximate surface area is 188 Å². The maximum atomic E-state index is 13.5. The number of carbonyl (C=O) groups excluding carboxylic acids is 1. The summed E-state index contributed by atoms with van der Waals surface area (Å²) in [6.07, 6.45) is 0.597. The van der Waals surface area contributed by atoms with Crippen molar-refractivity contribution in [3.05, 3.63) is 66.0 Å². The first-order chi connectivity index (χ1) is 15.5. The molecule has 4 rings (SSSR count). The van der Waals surface area contributed by atoms with E-state index in [-0.39, 0.29) is 17.3 Å². The number of benzene rings is 2. The topological polar surface area (TPSA) is 70.2 Å². The molecule has 1 amide bonds. The minimum atomic E-state index is -3.73. The van der Waals surface area contributed by atoms with Crippen LogP contribution in [0.4, 0.5) is 4.39 Å². The maximum absolute atomic E-state index is 13.5. The number of halogens is 1. The van der Waals surface area contributed by atoms with Crippen LogP contribution in [-0.4, -0.2) is 80.9 Å². The summed E-state index contributed by atoms with van der Waals surface area (Å²) in [6, 6.07) is 14.1. The Morgan fingerprint density at radius 3 is 2.25 bits per heavy atom. The molecule has 0 N–H and O–H groups in total. The van der Waals surface area contributed by atoms with Gasteiger partial charge in [-0.3, -0.25) is 9.69 Å². The Morgan fingerprint density at radius 1 is 0.875 bits per heavy atom. The van der Waals surface area contributed by atoms with Gasteiger partial charge in [0.05, 0.1) is 18.1 Å². The van der Waals surface area contributed by atoms with Crippen LogP contribution >= 0.6 is 0 Å². The molecule has 1 atom stereocenters. The quantitative estimate of drug-likeness (QED) is 0.682. The highest BCUT2D eigenvalue weighted by molar-refractivity contribution is 7.89. The fourth-order valence-electron chi connectivity index (χ4n) is 4.27. The van der Waals surface area contributed by atoms with Crippen molar-refractivity contribution in [3.8, 4) is 0 Å². The SMILES string of the molecule is O=C([C@H](c1ccccc1)N1CCCN(S(=O)(=O)c2ccc(F)cc2)CC1)N1CCOCC1. The van der Waals surface area contributed by atoms with Crippen molar-refractivity contribution in [2.45, 2.75) is 17.4 Å². The van der Waals surface area contributed by atoms with E-state index in [0.717, 1.165) is 17.7 Å². The molecule has 2 aromatic rings. The average molecular weight is 462 g/mol. The van der Waals surface area contributed by atoms with Gasteiger partial charge in [-0.05, 0) is 36.2 Å². The van der Waals surface area contributed by atoms with Crippen molar-refractivity contribution >= 4 is 15.9 Å². The lowest BCUT2D eigenvalue weighted by Crippen LogP contribution is -2.48. The minimum absolute atomic E-state index is 0.0225. The van der Waals surface area contributed by atoms with E-state index >= 15 is 0 Å². The Morgan fingerprint density at radius 2 is 1.56 bits per heavy atom. The first-order valence-corrected chi connectivity index (χ1v) is 12.3. The molecule has 0 saturated carbocycles. The summed E-state index contributed by atoms with van der Waals surface area (Å²) < 4.78 is 46.2. The zero-order valence-electron chi connectivity index (χ0n) is 17.9. The molecular formula is C23H28FN3O4S. The van der Waals surface area contributed by atoms with Crippen molar-refractivity contribution in [3.63, 3.8) is 0 Å². The number of rotatable bonds is 5. The summed E-state index contributed by atoms with van der Waals surface area (Å²) in [5, 5.41) is 0. The highest BCUT2D eigenvalue weighted by Crippen LogP contribution is 2.27. The van der Waals surface area contributed by atoms with E-state index in [9.17, 15) is 17.6 Å². The highest BCUT2D eigenvalue weighted by atomic mass is 32.2. The van der Waals surface area contributed by atoms with Gasteiger partial charge in [-0.2, -0.15) is 4.31 Å². The Hall–Kier alpha value is -2.33. The van der Waals surface area contributed by atoms with Gasteiger partial charge in [-0.15, -0.1) is 0 Å². The number of nitrogens with zero attached hydrogens (tertiary/aromatic N) is 3. The summed E-state index contributed by atoms with van der Waals surface area (Å²) >= 11 is 0. The predicted octanol–water partition coefficient (Wildman–Crippen LogP) is 2.12. The summed E-state index contributed by atoms with van der Waals surface area (Å²) in [5.41, 5.74) is 0.902. The lowest BCUT2D eigenvalue weighted by atomic mass is 10.0. The molecule has 2 fully saturated rings. The van der Waals surface area contributed by atoms with Gasteiger partial charge >= 0.3 is 0 Å². The molecule has 0 unspecified atom stereocenters. The number of hydrogen-bond acceptors (Lipinski definition) is 5. The van der Waals surface area contributed by atoms with E-state index in [1.807, 2.05) is 35.2 Å². The van der Waals surface area contributed by atoms with Gasteiger partial charge in [0.2, 0.25) is 15.9 Å². The largest absolute Gasteiger partial charge is 0.378 e. The van der Waals surface area contributed by atoms with Gasteiger partial charge in [0, 0.05) is 39.3 Å². The normalized spacial score (nSPS) is 20.0. The second-order valence-corrected chi connectivity index (χ2v) is 9.94. The van der Waals surface area contributed by atoms with Crippen LogP contribution < -0.4 is 0 Å². The van der Waals surface area contributed by atoms with Gasteiger partial charge in [0.25, 0.3) is 0 Å². The molecule has 0 radical (unpaired) electrons. The van der Waals surface area contributed by atoms with Gasteiger partial charge < -0.3 is 9.64 Å². The lowest BCUT2D eigenvalue weighted by molar-refractivity contribution is -0.141. The molecule has 2 heterocycles. The fraction of sp³-hybridized carbons (Fsp3) is 0.435. The van der Waals surface area contributed by atoms with Gasteiger partial charge in [-0.25, -0.2) is 12.8 Å². The maximum Gasteiger partial charge on any atom is 0.244 e. The van der Waals surface area contributed by atoms with Crippen molar-refractivity contribution in [2.75, 3.05) is 52.5 Å². The molecule has 172 valence electrons. The van der Waals surface area contributed by atoms with Gasteiger partial charge in [0.1, 0.15) is 11.9 Å². The molecule has 2 aromatic carbocycles. The second-order valence-electron chi connectivity index (χ2n) is 8.00. The number of hydrogen-bond donors (Lipinski definition) is 0. The first-order valence-electron chi connectivity index (χ1n) is 10.9. The molecule has 2 aliphatic heterocycles. The standard InChI is InChI=1S/C23H28FN3O4S/c24-20-7-9-21(10-8-20)32(29,30)27-12-4-11-25(13-14-27)22(19-5-2-1-3-6-19)23(28)26-15-17-31-18-16-26/h1-3,5-10,22H,4,11-18H2/t22-/m0/s1. The lowest BCUT2D eigenvalue weighted by Gasteiger charge is -2.36. The Balaban J connectivity index is 1.54. The summed E-state index contributed by atoms with van der Waals surface area (Å²) in [6.45, 7) is 3.81. The molecule has 0 bridgehead atoms. The van der Waals surface area contributed by atoms with Crippen LogP contribution in [0.5, 0.6) is 0 Å². The zero-order valence-corrected chi connectivity index (χ0v) is 18.7. The van der Waals surface area contributed by atoms with Crippen LogP contribution in [0.25, 0.3) is 0 Å². The van der Waals surface area contributed by atoms with Crippen LogP contribution in [0.1, 0.15) is 18.0 Å². The third-order valence-electron chi connectivity index (χ3n) is 5.98. The average Bonchev–Trinajstić information content (AvgIpc) is 3.08. The molecule has 32 heavy (non-hydrogen) atoms. The van der Waals surface area contributed by atoms with Crippen LogP contribution in [0, 0.1) is 5.82 Å². The van der Waals surface area contributed by atoms with E-state index in [2.05, 4.69) is 4.90 Å². The molecular weight excluding hydrogens is 433 g/mol. The smallest absolute Gasteiger partial charge is 0.244 e. The molecule has 2 saturated heterocycles. The summed E-state index contributed by atoms with van der Waals surface area (Å²) in [4.78, 5) is 17.5. The second kappa shape index (κ2) is 10.1. The number of amides is 1. The fourth-order valence-corrected chi connectivity index (χ4v) is 5.74. The monoisotopic (exact) mass is 461 g/mol. The predicted molar refractivity (Wildman–Crippen MR) is 118 cm³/mol. The van der Waals surface area contributed by atoms with Crippen LogP contribution in [0.3, 0.4) is 0 Å². The van der Waals surface area contributed by atoms with Crippen LogP contribution in [-0.2, 0) is 19.6 Å². The van der Waals surface area contributed by atoms with Crippen molar-refractivity contribution in [1.29, 1.82) is 0 Å². The van der Waals surface area contributed by atoms with Gasteiger partial charge in [0.15, 0.2) is 0 Å². The van der Waals surface area contributed by atoms with Gasteiger partial charge in [-0.1, -0.05) is 30.3 Å². The third-order valence-corrected chi connectivity index (χ3v) is 7.89. The van der Waals surface area contributed by atoms with E-state index in [4.69, 9.17) is 4.74 Å². The molecule has 2 aliphatic rings. The first kappa shape index (κ1) is 22.8. The van der Waals surface area contributed by atoms with E-state index in [0.29, 0.717) is 52.4 Å². The van der Waals surface area contributed by atoms with E-state index in [1.165, 1.54) is 16.4 Å². The molecule has 0 spiro atoms.